The first-order valence-corrected chi connectivity index (χ1v) is 8.65. The molecule has 0 spiro atoms. The Labute approximate surface area is 141 Å². The van der Waals surface area contributed by atoms with Gasteiger partial charge in [0, 0.05) is 16.7 Å². The van der Waals surface area contributed by atoms with E-state index in [1.165, 1.54) is 0 Å². The number of carbonyl (C=O) groups excluding carboxylic acids is 2. The van der Waals surface area contributed by atoms with Crippen LogP contribution in [0.3, 0.4) is 0 Å². The van der Waals surface area contributed by atoms with Gasteiger partial charge in [0.05, 0.1) is 0 Å². The Bertz CT molecular complexity index is 542. The molecule has 2 rings (SSSR count). The van der Waals surface area contributed by atoms with Crippen molar-refractivity contribution in [1.82, 2.24) is 4.90 Å². The second-order valence-corrected chi connectivity index (χ2v) is 10.7. The summed E-state index contributed by atoms with van der Waals surface area (Å²) in [5.41, 5.74) is 0.376. The van der Waals surface area contributed by atoms with Crippen molar-refractivity contribution in [3.8, 4) is 0 Å². The SMILES string of the molecule is CC1(C)CC(C)(C)C2=C1C(=O)C(C(C)(C)C)N(C(C)(C)C)C2=O. The van der Waals surface area contributed by atoms with E-state index in [4.69, 9.17) is 0 Å². The average molecular weight is 319 g/mol. The lowest BCUT2D eigenvalue weighted by Gasteiger charge is -2.50. The molecule has 3 nitrogen and oxygen atoms in total. The minimum absolute atomic E-state index is 0.0580. The highest BCUT2D eigenvalue weighted by molar-refractivity contribution is 6.15. The van der Waals surface area contributed by atoms with Crippen molar-refractivity contribution in [2.45, 2.75) is 87.2 Å². The molecule has 0 fully saturated rings. The number of hydrogen-bond acceptors (Lipinski definition) is 2. The van der Waals surface area contributed by atoms with Crippen molar-refractivity contribution >= 4 is 11.7 Å². The van der Waals surface area contributed by atoms with Crippen molar-refractivity contribution < 1.29 is 9.59 Å². The largest absolute Gasteiger partial charge is 0.323 e. The number of nitrogens with zero attached hydrogens (tertiary/aromatic N) is 1. The van der Waals surface area contributed by atoms with Gasteiger partial charge in [0.15, 0.2) is 5.78 Å². The Morgan fingerprint density at radius 2 is 1.30 bits per heavy atom. The van der Waals surface area contributed by atoms with Crippen LogP contribution >= 0.6 is 0 Å². The van der Waals surface area contributed by atoms with Gasteiger partial charge in [-0.25, -0.2) is 0 Å². The average Bonchev–Trinajstić information content (AvgIpc) is 2.45. The van der Waals surface area contributed by atoms with Crippen LogP contribution in [0.15, 0.2) is 11.1 Å². The Balaban J connectivity index is 2.78. The van der Waals surface area contributed by atoms with E-state index in [1.807, 2.05) is 25.7 Å². The molecule has 130 valence electrons. The molecule has 0 aromatic rings. The molecule has 1 unspecified atom stereocenters. The number of rotatable bonds is 0. The molecular formula is C20H33NO2. The van der Waals surface area contributed by atoms with E-state index in [9.17, 15) is 9.59 Å². The molecule has 1 amide bonds. The number of amides is 1. The van der Waals surface area contributed by atoms with Crippen molar-refractivity contribution in [3.05, 3.63) is 11.1 Å². The lowest BCUT2D eigenvalue weighted by molar-refractivity contribution is -0.148. The highest BCUT2D eigenvalue weighted by atomic mass is 16.2. The third-order valence-corrected chi connectivity index (χ3v) is 5.22. The predicted molar refractivity (Wildman–Crippen MR) is 94.1 cm³/mol. The molecule has 2 aliphatic rings. The van der Waals surface area contributed by atoms with E-state index in [0.717, 1.165) is 17.6 Å². The van der Waals surface area contributed by atoms with Crippen molar-refractivity contribution in [2.24, 2.45) is 16.2 Å². The molecule has 0 bridgehead atoms. The first-order chi connectivity index (χ1) is 10.0. The Hall–Kier alpha value is -1.12. The summed E-state index contributed by atoms with van der Waals surface area (Å²) in [6, 6.07) is -0.401. The van der Waals surface area contributed by atoms with Gasteiger partial charge in [-0.15, -0.1) is 0 Å². The third-order valence-electron chi connectivity index (χ3n) is 5.22. The molecule has 1 atom stereocenters. The van der Waals surface area contributed by atoms with Crippen molar-refractivity contribution in [3.63, 3.8) is 0 Å². The quantitative estimate of drug-likeness (QED) is 0.665. The van der Waals surface area contributed by atoms with Gasteiger partial charge >= 0.3 is 0 Å². The number of Topliss-reactive ketones (excluding diaryl/α,β-unsaturated/α-hetero) is 1. The number of ketones is 1. The molecule has 0 aromatic heterocycles. The Morgan fingerprint density at radius 1 is 0.870 bits per heavy atom. The summed E-state index contributed by atoms with van der Waals surface area (Å²) in [4.78, 5) is 28.8. The minimum Gasteiger partial charge on any atom is -0.323 e. The maximum Gasteiger partial charge on any atom is 0.251 e. The van der Waals surface area contributed by atoms with E-state index < -0.39 is 6.04 Å². The van der Waals surface area contributed by atoms with Gasteiger partial charge in [-0.3, -0.25) is 9.59 Å². The molecule has 23 heavy (non-hydrogen) atoms. The molecular weight excluding hydrogens is 286 g/mol. The predicted octanol–water partition coefficient (Wildman–Crippen LogP) is 4.36. The fraction of sp³-hybridized carbons (Fsp3) is 0.800. The van der Waals surface area contributed by atoms with Crippen LogP contribution in [0.4, 0.5) is 0 Å². The van der Waals surface area contributed by atoms with Crippen LogP contribution < -0.4 is 0 Å². The van der Waals surface area contributed by atoms with Gasteiger partial charge in [0.1, 0.15) is 6.04 Å². The van der Waals surface area contributed by atoms with Crippen LogP contribution in [0.2, 0.25) is 0 Å². The molecule has 0 N–H and O–H groups in total. The highest BCUT2D eigenvalue weighted by Gasteiger charge is 2.58. The van der Waals surface area contributed by atoms with Crippen LogP contribution in [-0.4, -0.2) is 28.2 Å². The molecule has 3 heteroatoms. The lowest BCUT2D eigenvalue weighted by Crippen LogP contribution is -2.63. The molecule has 0 radical (unpaired) electrons. The summed E-state index contributed by atoms with van der Waals surface area (Å²) in [6.07, 6.45) is 0.844. The summed E-state index contributed by atoms with van der Waals surface area (Å²) in [6.45, 7) is 20.6. The highest BCUT2D eigenvalue weighted by Crippen LogP contribution is 2.57. The third kappa shape index (κ3) is 2.66. The zero-order chi connectivity index (χ0) is 18.2. The minimum atomic E-state index is -0.401. The molecule has 1 aliphatic carbocycles. The van der Waals surface area contributed by atoms with Crippen molar-refractivity contribution in [1.29, 1.82) is 0 Å². The van der Waals surface area contributed by atoms with E-state index in [2.05, 4.69) is 48.5 Å². The van der Waals surface area contributed by atoms with Gasteiger partial charge in [0.25, 0.3) is 5.91 Å². The Morgan fingerprint density at radius 3 is 1.70 bits per heavy atom. The van der Waals surface area contributed by atoms with Gasteiger partial charge in [0.2, 0.25) is 0 Å². The van der Waals surface area contributed by atoms with Gasteiger partial charge in [-0.1, -0.05) is 48.5 Å². The summed E-state index contributed by atoms with van der Waals surface area (Å²) < 4.78 is 0. The summed E-state index contributed by atoms with van der Waals surface area (Å²) in [7, 11) is 0. The van der Waals surface area contributed by atoms with Gasteiger partial charge in [-0.05, 0) is 43.4 Å². The molecule has 0 saturated carbocycles. The topological polar surface area (TPSA) is 37.4 Å². The first-order valence-electron chi connectivity index (χ1n) is 8.65. The van der Waals surface area contributed by atoms with Crippen LogP contribution in [0.5, 0.6) is 0 Å². The number of hydrogen-bond donors (Lipinski definition) is 0. The fourth-order valence-electron chi connectivity index (χ4n) is 4.78. The molecule has 1 aliphatic heterocycles. The van der Waals surface area contributed by atoms with Crippen LogP contribution in [0.1, 0.15) is 75.7 Å². The Kier molecular flexibility index (Phi) is 3.73. The normalized spacial score (nSPS) is 27.6. The van der Waals surface area contributed by atoms with Crippen LogP contribution in [-0.2, 0) is 9.59 Å². The van der Waals surface area contributed by atoms with Crippen LogP contribution in [0.25, 0.3) is 0 Å². The van der Waals surface area contributed by atoms with E-state index >= 15 is 0 Å². The lowest BCUT2D eigenvalue weighted by atomic mass is 9.71. The van der Waals surface area contributed by atoms with Crippen molar-refractivity contribution in [2.75, 3.05) is 0 Å². The first kappa shape index (κ1) is 18.2. The summed E-state index contributed by atoms with van der Waals surface area (Å²) in [5.74, 6) is 0.209. The van der Waals surface area contributed by atoms with Crippen LogP contribution in [0, 0.1) is 16.2 Å². The standard InChI is InChI=1S/C20H33NO2/c1-17(2,3)15-14(22)12-13(16(23)21(15)18(4,5)6)20(9,10)11-19(12,7)8/h15H,11H2,1-10H3. The van der Waals surface area contributed by atoms with E-state index in [1.54, 1.807) is 0 Å². The zero-order valence-corrected chi connectivity index (χ0v) is 16.5. The summed E-state index contributed by atoms with van der Waals surface area (Å²) in [5, 5.41) is 0. The monoisotopic (exact) mass is 319 g/mol. The fourth-order valence-corrected chi connectivity index (χ4v) is 4.78. The maximum absolute atomic E-state index is 13.5. The second-order valence-electron chi connectivity index (χ2n) is 10.7. The summed E-state index contributed by atoms with van der Waals surface area (Å²) >= 11 is 0. The smallest absolute Gasteiger partial charge is 0.251 e. The molecule has 0 aromatic carbocycles. The molecule has 1 heterocycles. The van der Waals surface area contributed by atoms with Gasteiger partial charge < -0.3 is 4.90 Å². The number of carbonyl (C=O) groups is 2. The zero-order valence-electron chi connectivity index (χ0n) is 16.5. The van der Waals surface area contributed by atoms with E-state index in [-0.39, 0.29) is 33.5 Å². The van der Waals surface area contributed by atoms with Gasteiger partial charge in [-0.2, -0.15) is 0 Å². The maximum atomic E-state index is 13.5. The van der Waals surface area contributed by atoms with E-state index in [0.29, 0.717) is 0 Å². The molecule has 0 saturated heterocycles. The second kappa shape index (κ2) is 4.70.